The highest BCUT2D eigenvalue weighted by Gasteiger charge is 2.07. The van der Waals surface area contributed by atoms with E-state index >= 15 is 0 Å². The van der Waals surface area contributed by atoms with Crippen LogP contribution < -0.4 is 0 Å². The summed E-state index contributed by atoms with van der Waals surface area (Å²) in [4.78, 5) is 4.45. The zero-order valence-corrected chi connectivity index (χ0v) is 9.12. The summed E-state index contributed by atoms with van der Waals surface area (Å²) in [5.41, 5.74) is 2.55. The van der Waals surface area contributed by atoms with Crippen molar-refractivity contribution in [2.45, 2.75) is 6.42 Å². The average Bonchev–Trinajstić information content (AvgIpc) is 2.56. The maximum absolute atomic E-state index is 8.80. The van der Waals surface area contributed by atoms with Crippen molar-refractivity contribution in [3.63, 3.8) is 0 Å². The molecule has 0 spiro atoms. The molecule has 76 valence electrons. The summed E-state index contributed by atoms with van der Waals surface area (Å²) in [6, 6.07) is 7.61. The Hall–Kier alpha value is -1.53. The van der Waals surface area contributed by atoms with Gasteiger partial charge < -0.3 is 4.57 Å². The molecule has 0 atom stereocenters. The average molecular weight is 220 g/mol. The number of halogens is 1. The zero-order valence-electron chi connectivity index (χ0n) is 8.37. The molecule has 1 heterocycles. The number of hydrogen-bond acceptors (Lipinski definition) is 2. The summed E-state index contributed by atoms with van der Waals surface area (Å²) in [5, 5.41) is 8.80. The second-order valence-electron chi connectivity index (χ2n) is 3.34. The highest BCUT2D eigenvalue weighted by molar-refractivity contribution is 6.17. The van der Waals surface area contributed by atoms with E-state index in [2.05, 4.69) is 11.1 Å². The monoisotopic (exact) mass is 219 g/mol. The Morgan fingerprint density at radius 2 is 2.33 bits per heavy atom. The lowest BCUT2D eigenvalue weighted by atomic mass is 10.2. The molecule has 0 fully saturated rings. The fraction of sp³-hybridized carbons (Fsp3) is 0.273. The second-order valence-corrected chi connectivity index (χ2v) is 3.72. The lowest BCUT2D eigenvalue weighted by Gasteiger charge is -1.98. The van der Waals surface area contributed by atoms with E-state index in [1.165, 1.54) is 0 Å². The smallest absolute Gasteiger partial charge is 0.110 e. The third-order valence-corrected chi connectivity index (χ3v) is 2.61. The number of fused-ring (bicyclic) bond motifs is 1. The van der Waals surface area contributed by atoms with Crippen LogP contribution in [0.5, 0.6) is 0 Å². The molecule has 0 radical (unpaired) electrons. The Bertz CT molecular complexity index is 536. The molecule has 2 rings (SSSR count). The van der Waals surface area contributed by atoms with E-state index in [9.17, 15) is 0 Å². The molecule has 15 heavy (non-hydrogen) atoms. The van der Waals surface area contributed by atoms with Crippen LogP contribution in [0.3, 0.4) is 0 Å². The molecule has 0 bridgehead atoms. The molecule has 0 saturated heterocycles. The molecule has 1 aromatic heterocycles. The van der Waals surface area contributed by atoms with Crippen LogP contribution in [0, 0.1) is 11.3 Å². The topological polar surface area (TPSA) is 41.6 Å². The van der Waals surface area contributed by atoms with E-state index in [1.807, 2.05) is 23.7 Å². The van der Waals surface area contributed by atoms with E-state index in [-0.39, 0.29) is 0 Å². The van der Waals surface area contributed by atoms with E-state index in [4.69, 9.17) is 16.9 Å². The van der Waals surface area contributed by atoms with E-state index in [1.54, 1.807) is 6.07 Å². The third-order valence-electron chi connectivity index (χ3n) is 2.42. The summed E-state index contributed by atoms with van der Waals surface area (Å²) in [6.07, 6.45) is 0.745. The van der Waals surface area contributed by atoms with Crippen molar-refractivity contribution in [2.75, 3.05) is 5.88 Å². The molecule has 0 amide bonds. The number of hydrogen-bond donors (Lipinski definition) is 0. The molecule has 2 aromatic rings. The lowest BCUT2D eigenvalue weighted by Crippen LogP contribution is -1.98. The van der Waals surface area contributed by atoms with Crippen molar-refractivity contribution in [1.29, 1.82) is 5.26 Å². The highest BCUT2D eigenvalue weighted by atomic mass is 35.5. The number of nitriles is 1. The van der Waals surface area contributed by atoms with Gasteiger partial charge in [0.15, 0.2) is 0 Å². The number of imidazole rings is 1. The Morgan fingerprint density at radius 3 is 3.00 bits per heavy atom. The van der Waals surface area contributed by atoms with Gasteiger partial charge in [-0.1, -0.05) is 0 Å². The Morgan fingerprint density at radius 1 is 1.53 bits per heavy atom. The molecule has 0 aliphatic heterocycles. The van der Waals surface area contributed by atoms with Gasteiger partial charge in [0.05, 0.1) is 22.7 Å². The number of aromatic nitrogens is 2. The number of alkyl halides is 1. The van der Waals surface area contributed by atoms with Crippen LogP contribution in [0.15, 0.2) is 18.2 Å². The minimum absolute atomic E-state index is 0.558. The summed E-state index contributed by atoms with van der Waals surface area (Å²) in [6.45, 7) is 0. The van der Waals surface area contributed by atoms with Crippen molar-refractivity contribution in [3.8, 4) is 6.07 Å². The van der Waals surface area contributed by atoms with Gasteiger partial charge in [-0.3, -0.25) is 0 Å². The van der Waals surface area contributed by atoms with Crippen molar-refractivity contribution >= 4 is 22.6 Å². The Balaban J connectivity index is 2.62. The minimum Gasteiger partial charge on any atom is -0.331 e. The number of benzene rings is 1. The molecular formula is C11H10ClN3. The highest BCUT2D eigenvalue weighted by Crippen LogP contribution is 2.16. The first-order chi connectivity index (χ1) is 7.26. The van der Waals surface area contributed by atoms with Gasteiger partial charge in [0.2, 0.25) is 0 Å². The van der Waals surface area contributed by atoms with Gasteiger partial charge in [0.1, 0.15) is 5.82 Å². The van der Waals surface area contributed by atoms with Gasteiger partial charge in [0.25, 0.3) is 0 Å². The second kappa shape index (κ2) is 3.92. The molecule has 4 heteroatoms. The van der Waals surface area contributed by atoms with Crippen LogP contribution in [0.4, 0.5) is 0 Å². The standard InChI is InChI=1S/C11H10ClN3/c1-15-10-6-8(7-13)2-3-9(10)14-11(15)4-5-12/h2-3,6H,4-5H2,1H3. The van der Waals surface area contributed by atoms with E-state index in [0.29, 0.717) is 11.4 Å². The van der Waals surface area contributed by atoms with Crippen molar-refractivity contribution in [3.05, 3.63) is 29.6 Å². The normalized spacial score (nSPS) is 10.5. The first-order valence-corrected chi connectivity index (χ1v) is 5.21. The van der Waals surface area contributed by atoms with Crippen LogP contribution in [0.1, 0.15) is 11.4 Å². The van der Waals surface area contributed by atoms with Gasteiger partial charge in [-0.25, -0.2) is 4.98 Å². The lowest BCUT2D eigenvalue weighted by molar-refractivity contribution is 0.831. The Labute approximate surface area is 92.9 Å². The van der Waals surface area contributed by atoms with Gasteiger partial charge in [-0.05, 0) is 18.2 Å². The van der Waals surface area contributed by atoms with Crippen LogP contribution in [-0.4, -0.2) is 15.4 Å². The van der Waals surface area contributed by atoms with Crippen molar-refractivity contribution < 1.29 is 0 Å². The van der Waals surface area contributed by atoms with Gasteiger partial charge in [0, 0.05) is 19.3 Å². The van der Waals surface area contributed by atoms with Crippen LogP contribution >= 0.6 is 11.6 Å². The first kappa shape index (κ1) is 10.0. The van der Waals surface area contributed by atoms with Crippen molar-refractivity contribution in [1.82, 2.24) is 9.55 Å². The first-order valence-electron chi connectivity index (χ1n) is 4.67. The van der Waals surface area contributed by atoms with Gasteiger partial charge >= 0.3 is 0 Å². The molecule has 0 aliphatic rings. The van der Waals surface area contributed by atoms with Crippen LogP contribution in [0.25, 0.3) is 11.0 Å². The summed E-state index contributed by atoms with van der Waals surface area (Å²) >= 11 is 5.69. The summed E-state index contributed by atoms with van der Waals surface area (Å²) in [7, 11) is 1.94. The molecule has 0 saturated carbocycles. The van der Waals surface area contributed by atoms with Gasteiger partial charge in [-0.2, -0.15) is 5.26 Å². The quantitative estimate of drug-likeness (QED) is 0.727. The molecule has 1 aromatic carbocycles. The third kappa shape index (κ3) is 1.69. The number of nitrogens with zero attached hydrogens (tertiary/aromatic N) is 3. The van der Waals surface area contributed by atoms with Crippen molar-refractivity contribution in [2.24, 2.45) is 7.05 Å². The Kier molecular flexibility index (Phi) is 2.61. The van der Waals surface area contributed by atoms with Crippen LogP contribution in [-0.2, 0) is 13.5 Å². The molecular weight excluding hydrogens is 210 g/mol. The fourth-order valence-corrected chi connectivity index (χ4v) is 1.79. The van der Waals surface area contributed by atoms with Crippen LogP contribution in [0.2, 0.25) is 0 Å². The summed E-state index contributed by atoms with van der Waals surface area (Å²) in [5.74, 6) is 1.51. The maximum Gasteiger partial charge on any atom is 0.110 e. The van der Waals surface area contributed by atoms with Gasteiger partial charge in [-0.15, -0.1) is 11.6 Å². The predicted molar refractivity (Wildman–Crippen MR) is 59.9 cm³/mol. The molecule has 3 nitrogen and oxygen atoms in total. The fourth-order valence-electron chi connectivity index (χ4n) is 1.62. The molecule has 0 N–H and O–H groups in total. The number of aryl methyl sites for hydroxylation is 2. The van der Waals surface area contributed by atoms with E-state index in [0.717, 1.165) is 23.3 Å². The largest absolute Gasteiger partial charge is 0.331 e. The van der Waals surface area contributed by atoms with E-state index < -0.39 is 0 Å². The SMILES string of the molecule is Cn1c(CCCl)nc2ccc(C#N)cc21. The maximum atomic E-state index is 8.80. The zero-order chi connectivity index (χ0) is 10.8. The summed E-state index contributed by atoms with van der Waals surface area (Å²) < 4.78 is 1.98. The number of rotatable bonds is 2. The molecule has 0 aliphatic carbocycles. The predicted octanol–water partition coefficient (Wildman–Crippen LogP) is 2.23. The molecule has 0 unspecified atom stereocenters. The minimum atomic E-state index is 0.558.